The van der Waals surface area contributed by atoms with Crippen LogP contribution in [0.15, 0.2) is 46.4 Å². The summed E-state index contributed by atoms with van der Waals surface area (Å²) in [5, 5.41) is 10.6. The quantitative estimate of drug-likeness (QED) is 0.355. The number of furan rings is 1. The van der Waals surface area contributed by atoms with Gasteiger partial charge in [-0.1, -0.05) is 0 Å². The number of hydrogen-bond donors (Lipinski definition) is 0. The Balaban J connectivity index is 1.91. The second kappa shape index (κ2) is 6.52. The van der Waals surface area contributed by atoms with Crippen LogP contribution in [0.2, 0.25) is 0 Å². The number of ether oxygens (including phenoxy) is 3. The zero-order valence-corrected chi connectivity index (χ0v) is 13.3. The molecule has 0 amide bonds. The van der Waals surface area contributed by atoms with Crippen LogP contribution in [0.4, 0.5) is 5.88 Å². The van der Waals surface area contributed by atoms with Gasteiger partial charge in [0.05, 0.1) is 25.9 Å². The fourth-order valence-electron chi connectivity index (χ4n) is 2.29. The van der Waals surface area contributed by atoms with Crippen molar-refractivity contribution in [2.75, 3.05) is 14.2 Å². The highest BCUT2D eigenvalue weighted by Gasteiger charge is 2.24. The number of carbonyl (C=O) groups excluding carboxylic acids is 1. The Hall–Kier alpha value is -3.55. The molecule has 0 aliphatic carbocycles. The molecule has 1 aromatic heterocycles. The van der Waals surface area contributed by atoms with Crippen molar-refractivity contribution in [3.8, 4) is 11.5 Å². The molecule has 128 valence electrons. The maximum Gasteiger partial charge on any atom is 0.433 e. The summed E-state index contributed by atoms with van der Waals surface area (Å²) in [6, 6.07) is 7.71. The molecule has 1 aliphatic rings. The van der Waals surface area contributed by atoms with Gasteiger partial charge in [0.25, 0.3) is 0 Å². The predicted octanol–water partition coefficient (Wildman–Crippen LogP) is 3.19. The van der Waals surface area contributed by atoms with Crippen LogP contribution in [-0.2, 0) is 9.53 Å². The lowest BCUT2D eigenvalue weighted by molar-refractivity contribution is -0.402. The Morgan fingerprint density at radius 3 is 2.52 bits per heavy atom. The first kappa shape index (κ1) is 16.3. The van der Waals surface area contributed by atoms with E-state index in [0.29, 0.717) is 22.8 Å². The van der Waals surface area contributed by atoms with Gasteiger partial charge in [0.2, 0.25) is 0 Å². The first-order valence-electron chi connectivity index (χ1n) is 7.14. The molecule has 0 spiro atoms. The molecule has 0 fully saturated rings. The highest BCUT2D eigenvalue weighted by molar-refractivity contribution is 6.04. The Labute approximate surface area is 142 Å². The highest BCUT2D eigenvalue weighted by atomic mass is 16.6. The zero-order chi connectivity index (χ0) is 18.0. The summed E-state index contributed by atoms with van der Waals surface area (Å²) in [5.41, 5.74) is 0.842. The molecule has 8 heteroatoms. The number of nitro groups is 1. The zero-order valence-electron chi connectivity index (χ0n) is 13.3. The molecule has 2 heterocycles. The lowest BCUT2D eigenvalue weighted by Crippen LogP contribution is -1.97. The van der Waals surface area contributed by atoms with Crippen LogP contribution in [-0.4, -0.2) is 25.1 Å². The second-order valence-electron chi connectivity index (χ2n) is 5.00. The van der Waals surface area contributed by atoms with E-state index in [1.807, 2.05) is 0 Å². The van der Waals surface area contributed by atoms with Crippen molar-refractivity contribution in [2.45, 2.75) is 0 Å². The summed E-state index contributed by atoms with van der Waals surface area (Å²) in [4.78, 5) is 22.0. The van der Waals surface area contributed by atoms with E-state index in [1.165, 1.54) is 38.5 Å². The molecule has 0 atom stereocenters. The van der Waals surface area contributed by atoms with E-state index < -0.39 is 16.8 Å². The summed E-state index contributed by atoms with van der Waals surface area (Å²) >= 11 is 0. The molecule has 0 saturated carbocycles. The number of cyclic esters (lactones) is 1. The molecule has 0 bridgehead atoms. The van der Waals surface area contributed by atoms with E-state index in [9.17, 15) is 14.9 Å². The molecular weight excluding hydrogens is 330 g/mol. The first-order valence-corrected chi connectivity index (χ1v) is 7.14. The average molecular weight is 343 g/mol. The maximum absolute atomic E-state index is 12.0. The van der Waals surface area contributed by atoms with E-state index in [2.05, 4.69) is 0 Å². The SMILES string of the molecule is COc1ccc(C2=CC(=Cc3ccc([N+](=O)[O-])o3)C(=O)O2)cc1OC. The van der Waals surface area contributed by atoms with Crippen LogP contribution in [0.5, 0.6) is 11.5 Å². The number of methoxy groups -OCH3 is 2. The van der Waals surface area contributed by atoms with Gasteiger partial charge in [-0.15, -0.1) is 0 Å². The molecule has 25 heavy (non-hydrogen) atoms. The molecule has 0 unspecified atom stereocenters. The Kier molecular flexibility index (Phi) is 4.25. The van der Waals surface area contributed by atoms with Crippen molar-refractivity contribution < 1.29 is 28.3 Å². The Morgan fingerprint density at radius 1 is 1.12 bits per heavy atom. The van der Waals surface area contributed by atoms with Crippen LogP contribution < -0.4 is 9.47 Å². The summed E-state index contributed by atoms with van der Waals surface area (Å²) in [7, 11) is 3.03. The topological polar surface area (TPSA) is 101 Å². The average Bonchev–Trinajstić information content (AvgIpc) is 3.22. The van der Waals surface area contributed by atoms with Gasteiger partial charge in [0.1, 0.15) is 16.4 Å². The normalized spacial score (nSPS) is 15.0. The standard InChI is InChI=1S/C17H13NO7/c1-22-13-5-3-10(8-15(13)23-2)14-9-11(17(19)25-14)7-12-4-6-16(24-12)18(20)21/h3-9H,1-2H3. The van der Waals surface area contributed by atoms with Gasteiger partial charge >= 0.3 is 11.9 Å². The van der Waals surface area contributed by atoms with Crippen molar-refractivity contribution >= 4 is 23.7 Å². The van der Waals surface area contributed by atoms with Crippen molar-refractivity contribution in [3.63, 3.8) is 0 Å². The maximum atomic E-state index is 12.0. The van der Waals surface area contributed by atoms with Gasteiger partial charge in [0.15, 0.2) is 11.5 Å². The van der Waals surface area contributed by atoms with Gasteiger partial charge in [-0.2, -0.15) is 0 Å². The fraction of sp³-hybridized carbons (Fsp3) is 0.118. The Morgan fingerprint density at radius 2 is 1.88 bits per heavy atom. The second-order valence-corrected chi connectivity index (χ2v) is 5.00. The minimum atomic E-state index is -0.653. The third-order valence-corrected chi connectivity index (χ3v) is 3.48. The first-order chi connectivity index (χ1) is 12.0. The largest absolute Gasteiger partial charge is 0.493 e. The van der Waals surface area contributed by atoms with Crippen molar-refractivity contribution in [2.24, 2.45) is 0 Å². The number of carbonyl (C=O) groups is 1. The minimum absolute atomic E-state index is 0.184. The highest BCUT2D eigenvalue weighted by Crippen LogP contribution is 2.34. The van der Waals surface area contributed by atoms with E-state index in [-0.39, 0.29) is 11.3 Å². The van der Waals surface area contributed by atoms with E-state index in [4.69, 9.17) is 18.6 Å². The smallest absolute Gasteiger partial charge is 0.433 e. The molecule has 8 nitrogen and oxygen atoms in total. The lowest BCUT2D eigenvalue weighted by atomic mass is 10.1. The fourth-order valence-corrected chi connectivity index (χ4v) is 2.29. The van der Waals surface area contributed by atoms with Crippen molar-refractivity contribution in [1.29, 1.82) is 0 Å². The van der Waals surface area contributed by atoms with Crippen LogP contribution in [0.3, 0.4) is 0 Å². The number of benzene rings is 1. The number of nitrogens with zero attached hydrogens (tertiary/aromatic N) is 1. The molecule has 3 rings (SSSR count). The molecule has 0 saturated heterocycles. The summed E-state index contributed by atoms with van der Waals surface area (Å²) in [6.45, 7) is 0. The van der Waals surface area contributed by atoms with E-state index in [1.54, 1.807) is 18.2 Å². The molecule has 1 aliphatic heterocycles. The van der Waals surface area contributed by atoms with Crippen LogP contribution in [0.1, 0.15) is 11.3 Å². The Bertz CT molecular complexity index is 907. The van der Waals surface area contributed by atoms with Gasteiger partial charge in [-0.25, -0.2) is 4.79 Å². The van der Waals surface area contributed by atoms with E-state index in [0.717, 1.165) is 0 Å². The summed E-state index contributed by atoms with van der Waals surface area (Å²) in [5.74, 6) is 0.582. The molecule has 0 N–H and O–H groups in total. The molecule has 0 radical (unpaired) electrons. The lowest BCUT2D eigenvalue weighted by Gasteiger charge is -2.09. The van der Waals surface area contributed by atoms with E-state index >= 15 is 0 Å². The van der Waals surface area contributed by atoms with Crippen molar-refractivity contribution in [3.05, 3.63) is 63.4 Å². The van der Waals surface area contributed by atoms with Crippen LogP contribution in [0.25, 0.3) is 11.8 Å². The summed E-state index contributed by atoms with van der Waals surface area (Å²) in [6.07, 6.45) is 2.90. The molecule has 1 aromatic carbocycles. The van der Waals surface area contributed by atoms with Gasteiger partial charge in [-0.05, 0) is 36.4 Å². The number of rotatable bonds is 5. The monoisotopic (exact) mass is 343 g/mol. The van der Waals surface area contributed by atoms with Gasteiger partial charge in [-0.3, -0.25) is 10.1 Å². The molecular formula is C17H13NO7. The van der Waals surface area contributed by atoms with Crippen LogP contribution in [0, 0.1) is 10.1 Å². The molecule has 2 aromatic rings. The minimum Gasteiger partial charge on any atom is -0.493 e. The number of esters is 1. The van der Waals surface area contributed by atoms with Gasteiger partial charge in [0, 0.05) is 5.56 Å². The summed E-state index contributed by atoms with van der Waals surface area (Å²) < 4.78 is 20.6. The third-order valence-electron chi connectivity index (χ3n) is 3.48. The number of hydrogen-bond acceptors (Lipinski definition) is 7. The van der Waals surface area contributed by atoms with Gasteiger partial charge < -0.3 is 18.6 Å². The van der Waals surface area contributed by atoms with Crippen LogP contribution >= 0.6 is 0 Å². The van der Waals surface area contributed by atoms with Crippen molar-refractivity contribution in [1.82, 2.24) is 0 Å². The third kappa shape index (κ3) is 3.23. The predicted molar refractivity (Wildman–Crippen MR) is 87.0 cm³/mol.